The third kappa shape index (κ3) is 2.70. The first-order valence-electron chi connectivity index (χ1n) is 5.71. The van der Waals surface area contributed by atoms with Crippen molar-refractivity contribution in [1.29, 1.82) is 0 Å². The summed E-state index contributed by atoms with van der Waals surface area (Å²) in [6.45, 7) is 4.21. The Morgan fingerprint density at radius 2 is 1.65 bits per heavy atom. The van der Waals surface area contributed by atoms with Crippen molar-refractivity contribution in [3.8, 4) is 0 Å². The van der Waals surface area contributed by atoms with Crippen LogP contribution in [0.25, 0.3) is 0 Å². The van der Waals surface area contributed by atoms with Crippen LogP contribution in [0.4, 0.5) is 17.6 Å². The molecule has 0 fully saturated rings. The average Bonchev–Trinajstić information content (AvgIpc) is 2.09. The normalized spacial score (nSPS) is 24.6. The molecule has 116 valence electrons. The number of hydrogen-bond donors (Lipinski definition) is 1. The molecule has 0 aromatic heterocycles. The van der Waals surface area contributed by atoms with Crippen LogP contribution >= 0.6 is 23.2 Å². The number of hydrogen-bond acceptors (Lipinski definition) is 2. The van der Waals surface area contributed by atoms with Gasteiger partial charge in [0.25, 0.3) is 0 Å². The van der Waals surface area contributed by atoms with Gasteiger partial charge in [0.2, 0.25) is 5.60 Å². The van der Waals surface area contributed by atoms with Crippen LogP contribution in [0.1, 0.15) is 27.2 Å². The van der Waals surface area contributed by atoms with Gasteiger partial charge in [-0.1, -0.05) is 19.4 Å². The topological polar surface area (TPSA) is 37.3 Å². The van der Waals surface area contributed by atoms with Crippen molar-refractivity contribution in [1.82, 2.24) is 0 Å². The van der Waals surface area contributed by atoms with Gasteiger partial charge in [-0.3, -0.25) is 4.79 Å². The quantitative estimate of drug-likeness (QED) is 0.626. The fourth-order valence-corrected chi connectivity index (χ4v) is 3.35. The van der Waals surface area contributed by atoms with Crippen molar-refractivity contribution in [3.05, 3.63) is 11.6 Å². The lowest BCUT2D eigenvalue weighted by molar-refractivity contribution is -0.255. The number of alkyl halides is 6. The number of halogens is 6. The molecule has 0 unspecified atom stereocenters. The molecule has 1 aliphatic carbocycles. The predicted octanol–water partition coefficient (Wildman–Crippen LogP) is 3.94. The van der Waals surface area contributed by atoms with Crippen molar-refractivity contribution >= 4 is 29.0 Å². The summed E-state index contributed by atoms with van der Waals surface area (Å²) in [5.41, 5.74) is -5.02. The summed E-state index contributed by atoms with van der Waals surface area (Å²) in [5.74, 6) is -3.19. The first-order valence-corrected chi connectivity index (χ1v) is 6.47. The Morgan fingerprint density at radius 1 is 1.25 bits per heavy atom. The minimum Gasteiger partial charge on any atom is -0.376 e. The van der Waals surface area contributed by atoms with Crippen LogP contribution in [-0.4, -0.2) is 27.3 Å². The molecule has 0 heterocycles. The molecule has 0 aromatic rings. The van der Waals surface area contributed by atoms with E-state index in [-0.39, 0.29) is 6.42 Å². The maximum Gasteiger partial charge on any atom is 0.358 e. The monoisotopic (exact) mass is 336 g/mol. The fraction of sp³-hybridized carbons (Fsp3) is 0.750. The number of rotatable bonds is 3. The fourth-order valence-electron chi connectivity index (χ4n) is 2.84. The van der Waals surface area contributed by atoms with Crippen molar-refractivity contribution < 1.29 is 27.5 Å². The van der Waals surface area contributed by atoms with Gasteiger partial charge in [-0.05, 0) is 48.0 Å². The molecule has 2 nitrogen and oxygen atoms in total. The summed E-state index contributed by atoms with van der Waals surface area (Å²) < 4.78 is 53.8. The number of carbonyl (C=O) groups excluding carboxylic acids is 1. The molecule has 1 rings (SSSR count). The lowest BCUT2D eigenvalue weighted by atomic mass is 9.62. The van der Waals surface area contributed by atoms with Gasteiger partial charge in [-0.2, -0.15) is 17.6 Å². The van der Waals surface area contributed by atoms with Crippen LogP contribution in [0, 0.1) is 11.3 Å². The van der Waals surface area contributed by atoms with E-state index in [2.05, 4.69) is 23.2 Å². The van der Waals surface area contributed by atoms with Gasteiger partial charge >= 0.3 is 10.8 Å². The van der Waals surface area contributed by atoms with Gasteiger partial charge < -0.3 is 5.11 Å². The van der Waals surface area contributed by atoms with Crippen LogP contribution in [0.3, 0.4) is 0 Å². The SMILES string of the molecule is CC1=CC(=O)[C@H](C(O)(C(F)(F)Cl)C(F)(F)Cl)C(C)(C)C1. The lowest BCUT2D eigenvalue weighted by Crippen LogP contribution is -2.66. The molecule has 0 amide bonds. The van der Waals surface area contributed by atoms with Crippen molar-refractivity contribution in [2.75, 3.05) is 0 Å². The Morgan fingerprint density at radius 3 is 1.95 bits per heavy atom. The van der Waals surface area contributed by atoms with Gasteiger partial charge in [0.05, 0.1) is 5.92 Å². The van der Waals surface area contributed by atoms with Crippen LogP contribution in [0.15, 0.2) is 11.6 Å². The molecule has 1 aliphatic rings. The van der Waals surface area contributed by atoms with Crippen molar-refractivity contribution in [2.24, 2.45) is 11.3 Å². The Labute approximate surface area is 123 Å². The second kappa shape index (κ2) is 4.85. The summed E-state index contributed by atoms with van der Waals surface area (Å²) in [4.78, 5) is 11.9. The van der Waals surface area contributed by atoms with Crippen molar-refractivity contribution in [3.63, 3.8) is 0 Å². The minimum atomic E-state index is -4.78. The molecule has 1 N–H and O–H groups in total. The van der Waals surface area contributed by atoms with Crippen LogP contribution < -0.4 is 0 Å². The molecular formula is C12H14Cl2F4O2. The number of allylic oxidation sites excluding steroid dienone is 2. The van der Waals surface area contributed by atoms with Crippen LogP contribution in [0.2, 0.25) is 0 Å². The van der Waals surface area contributed by atoms with E-state index in [1.807, 2.05) is 0 Å². The molecule has 0 aliphatic heterocycles. The highest BCUT2D eigenvalue weighted by Crippen LogP contribution is 2.57. The summed E-state index contributed by atoms with van der Waals surface area (Å²) in [6, 6.07) is 0. The summed E-state index contributed by atoms with van der Waals surface area (Å²) in [7, 11) is 0. The lowest BCUT2D eigenvalue weighted by Gasteiger charge is -2.48. The number of aliphatic hydroxyl groups is 1. The van der Waals surface area contributed by atoms with E-state index in [0.717, 1.165) is 6.08 Å². The second-order valence-electron chi connectivity index (χ2n) is 5.75. The molecule has 0 aromatic carbocycles. The maximum absolute atomic E-state index is 13.4. The average molecular weight is 337 g/mol. The Hall–Kier alpha value is -0.330. The molecule has 0 saturated carbocycles. The number of carbonyl (C=O) groups is 1. The largest absolute Gasteiger partial charge is 0.376 e. The number of ketones is 1. The van der Waals surface area contributed by atoms with Gasteiger partial charge in [-0.15, -0.1) is 0 Å². The van der Waals surface area contributed by atoms with Crippen LogP contribution in [0.5, 0.6) is 0 Å². The molecule has 0 bridgehead atoms. The molecular weight excluding hydrogens is 323 g/mol. The molecule has 0 radical (unpaired) electrons. The Bertz CT molecular complexity index is 435. The van der Waals surface area contributed by atoms with E-state index in [4.69, 9.17) is 0 Å². The van der Waals surface area contributed by atoms with Gasteiger partial charge in [0.1, 0.15) is 0 Å². The third-order valence-corrected chi connectivity index (χ3v) is 4.05. The van der Waals surface area contributed by atoms with E-state index in [1.54, 1.807) is 6.92 Å². The molecule has 0 saturated heterocycles. The van der Waals surface area contributed by atoms with Crippen molar-refractivity contribution in [2.45, 2.75) is 43.6 Å². The zero-order valence-corrected chi connectivity index (χ0v) is 12.5. The summed E-state index contributed by atoms with van der Waals surface area (Å²) in [5, 5.41) is 0.322. The highest BCUT2D eigenvalue weighted by Gasteiger charge is 2.74. The second-order valence-corrected chi connectivity index (χ2v) is 6.70. The highest BCUT2D eigenvalue weighted by atomic mass is 35.5. The summed E-state index contributed by atoms with van der Waals surface area (Å²) in [6.07, 6.45) is 1.03. The molecule has 0 spiro atoms. The van der Waals surface area contributed by atoms with Crippen LogP contribution in [-0.2, 0) is 4.79 Å². The molecule has 8 heteroatoms. The third-order valence-electron chi connectivity index (χ3n) is 3.47. The first kappa shape index (κ1) is 17.7. The Kier molecular flexibility index (Phi) is 4.30. The van der Waals surface area contributed by atoms with Gasteiger partial charge in [-0.25, -0.2) is 0 Å². The van der Waals surface area contributed by atoms with Gasteiger partial charge in [0.15, 0.2) is 5.78 Å². The zero-order valence-electron chi connectivity index (χ0n) is 11.0. The van der Waals surface area contributed by atoms with Gasteiger partial charge in [0, 0.05) is 0 Å². The first-order chi connectivity index (χ1) is 8.64. The molecule has 20 heavy (non-hydrogen) atoms. The maximum atomic E-state index is 13.4. The smallest absolute Gasteiger partial charge is 0.358 e. The predicted molar refractivity (Wildman–Crippen MR) is 67.2 cm³/mol. The molecule has 1 atom stereocenters. The minimum absolute atomic E-state index is 0.0751. The van der Waals surface area contributed by atoms with E-state index < -0.39 is 33.5 Å². The zero-order chi connectivity index (χ0) is 16.1. The standard InChI is InChI=1S/C12H14Cl2F4O2/c1-6-4-7(19)8(9(2,3)5-6)10(20,11(13,15)16)12(14,17)18/h4,8,20H,5H2,1-3H3/t8-/m0/s1. The highest BCUT2D eigenvalue weighted by molar-refractivity contribution is 6.27. The van der Waals surface area contributed by atoms with E-state index in [9.17, 15) is 27.5 Å². The van der Waals surface area contributed by atoms with E-state index in [0.29, 0.717) is 5.57 Å². The van der Waals surface area contributed by atoms with E-state index in [1.165, 1.54) is 13.8 Å². The summed E-state index contributed by atoms with van der Waals surface area (Å²) >= 11 is 9.33. The van der Waals surface area contributed by atoms with E-state index >= 15 is 0 Å². The Balaban J connectivity index is 3.54.